The molecular weight excluding hydrogens is 228 g/mol. The van der Waals surface area contributed by atoms with Gasteiger partial charge in [0, 0.05) is 11.9 Å². The summed E-state index contributed by atoms with van der Waals surface area (Å²) in [5.41, 5.74) is 1.90. The molecule has 4 nitrogen and oxygen atoms in total. The summed E-state index contributed by atoms with van der Waals surface area (Å²) in [5.74, 6) is -0.336. The lowest BCUT2D eigenvalue weighted by molar-refractivity contribution is 0.0526. The molecule has 2 aromatic rings. The van der Waals surface area contributed by atoms with E-state index in [0.717, 1.165) is 5.69 Å². The number of nitrogens with zero attached hydrogens (tertiary/aromatic N) is 2. The van der Waals surface area contributed by atoms with Crippen molar-refractivity contribution in [2.45, 2.75) is 6.92 Å². The van der Waals surface area contributed by atoms with Crippen molar-refractivity contribution >= 4 is 5.97 Å². The Morgan fingerprint density at radius 1 is 1.33 bits per heavy atom. The molecule has 90 valence electrons. The fourth-order valence-corrected chi connectivity index (χ4v) is 1.67. The Kier molecular flexibility index (Phi) is 3.44. The normalized spacial score (nSPS) is 9.78. The fourth-order valence-electron chi connectivity index (χ4n) is 1.67. The van der Waals surface area contributed by atoms with Crippen molar-refractivity contribution in [3.05, 3.63) is 53.9 Å². The predicted molar refractivity (Wildman–Crippen MR) is 66.4 cm³/mol. The number of nitriles is 1. The molecule has 2 rings (SSSR count). The number of esters is 1. The van der Waals surface area contributed by atoms with Gasteiger partial charge in [-0.3, -0.25) is 0 Å². The van der Waals surface area contributed by atoms with E-state index in [1.807, 2.05) is 0 Å². The van der Waals surface area contributed by atoms with Gasteiger partial charge < -0.3 is 9.30 Å². The van der Waals surface area contributed by atoms with E-state index in [4.69, 9.17) is 10.00 Å². The zero-order chi connectivity index (χ0) is 13.0. The predicted octanol–water partition coefficient (Wildman–Crippen LogP) is 2.53. The lowest BCUT2D eigenvalue weighted by atomic mass is 10.2. The molecule has 0 atom stereocenters. The quantitative estimate of drug-likeness (QED) is 0.774. The number of benzene rings is 1. The van der Waals surface area contributed by atoms with Crippen LogP contribution in [-0.2, 0) is 4.74 Å². The Hall–Kier alpha value is -2.54. The summed E-state index contributed by atoms with van der Waals surface area (Å²) >= 11 is 0. The van der Waals surface area contributed by atoms with Gasteiger partial charge in [-0.2, -0.15) is 5.26 Å². The molecule has 1 heterocycles. The van der Waals surface area contributed by atoms with Crippen LogP contribution in [0.5, 0.6) is 0 Å². The van der Waals surface area contributed by atoms with Crippen molar-refractivity contribution in [3.8, 4) is 11.8 Å². The van der Waals surface area contributed by atoms with Crippen molar-refractivity contribution in [1.29, 1.82) is 5.26 Å². The van der Waals surface area contributed by atoms with Gasteiger partial charge in [-0.05, 0) is 43.3 Å². The second-order valence-corrected chi connectivity index (χ2v) is 3.64. The van der Waals surface area contributed by atoms with Gasteiger partial charge in [0.25, 0.3) is 0 Å². The highest BCUT2D eigenvalue weighted by molar-refractivity contribution is 5.89. The van der Waals surface area contributed by atoms with Crippen LogP contribution in [0, 0.1) is 11.3 Å². The first-order chi connectivity index (χ1) is 8.76. The average molecular weight is 240 g/mol. The molecule has 0 radical (unpaired) electrons. The van der Waals surface area contributed by atoms with Gasteiger partial charge in [0.2, 0.25) is 0 Å². The Morgan fingerprint density at radius 2 is 2.06 bits per heavy atom. The molecule has 0 aliphatic carbocycles. The molecule has 4 heteroatoms. The van der Waals surface area contributed by atoms with E-state index in [9.17, 15) is 4.79 Å². The highest BCUT2D eigenvalue weighted by atomic mass is 16.5. The van der Waals surface area contributed by atoms with Crippen LogP contribution in [0.25, 0.3) is 5.69 Å². The molecule has 0 amide bonds. The van der Waals surface area contributed by atoms with E-state index < -0.39 is 0 Å². The molecule has 0 spiro atoms. The number of aromatic nitrogens is 1. The number of ether oxygens (including phenoxy) is 1. The monoisotopic (exact) mass is 240 g/mol. The molecule has 0 unspecified atom stereocenters. The van der Waals surface area contributed by atoms with E-state index in [0.29, 0.717) is 17.9 Å². The van der Waals surface area contributed by atoms with Crippen molar-refractivity contribution in [1.82, 2.24) is 4.57 Å². The van der Waals surface area contributed by atoms with Crippen LogP contribution in [0.3, 0.4) is 0 Å². The van der Waals surface area contributed by atoms with Gasteiger partial charge in [0.05, 0.1) is 12.2 Å². The summed E-state index contributed by atoms with van der Waals surface area (Å²) in [6, 6.07) is 12.6. The molecular formula is C14H12N2O2. The largest absolute Gasteiger partial charge is 0.462 e. The summed E-state index contributed by atoms with van der Waals surface area (Å²) in [7, 11) is 0. The summed E-state index contributed by atoms with van der Waals surface area (Å²) in [6.45, 7) is 2.13. The molecule has 0 aliphatic heterocycles. The summed E-state index contributed by atoms with van der Waals surface area (Å²) in [5, 5.41) is 8.94. The average Bonchev–Trinajstić information content (AvgIpc) is 2.87. The standard InChI is InChI=1S/C14H12N2O2/c1-2-18-14(17)11-5-7-12(8-6-11)16-9-3-4-13(16)10-15/h3-9H,2H2,1H3. The number of carbonyl (C=O) groups is 1. The summed E-state index contributed by atoms with van der Waals surface area (Å²) in [6.07, 6.45) is 1.80. The zero-order valence-electron chi connectivity index (χ0n) is 9.96. The molecule has 18 heavy (non-hydrogen) atoms. The third kappa shape index (κ3) is 2.25. The van der Waals surface area contributed by atoms with E-state index in [1.54, 1.807) is 54.1 Å². The SMILES string of the molecule is CCOC(=O)c1ccc(-n2cccc2C#N)cc1. The minimum Gasteiger partial charge on any atom is -0.462 e. The van der Waals surface area contributed by atoms with Crippen molar-refractivity contribution in [2.75, 3.05) is 6.61 Å². The van der Waals surface area contributed by atoms with E-state index in [-0.39, 0.29) is 5.97 Å². The van der Waals surface area contributed by atoms with E-state index in [2.05, 4.69) is 6.07 Å². The first-order valence-corrected chi connectivity index (χ1v) is 5.61. The van der Waals surface area contributed by atoms with Crippen LogP contribution in [-0.4, -0.2) is 17.1 Å². The maximum Gasteiger partial charge on any atom is 0.338 e. The molecule has 0 bridgehead atoms. The maximum absolute atomic E-state index is 11.5. The number of hydrogen-bond acceptors (Lipinski definition) is 3. The molecule has 1 aromatic carbocycles. The molecule has 0 fully saturated rings. The Labute approximate surface area is 105 Å². The van der Waals surface area contributed by atoms with Gasteiger partial charge in [-0.25, -0.2) is 4.79 Å². The van der Waals surface area contributed by atoms with Gasteiger partial charge >= 0.3 is 5.97 Å². The lowest BCUT2D eigenvalue weighted by Crippen LogP contribution is -2.04. The molecule has 0 saturated carbocycles. The van der Waals surface area contributed by atoms with Crippen LogP contribution in [0.1, 0.15) is 23.0 Å². The maximum atomic E-state index is 11.5. The summed E-state index contributed by atoms with van der Waals surface area (Å²) in [4.78, 5) is 11.5. The molecule has 1 aromatic heterocycles. The molecule has 0 aliphatic rings. The second kappa shape index (κ2) is 5.19. The smallest absolute Gasteiger partial charge is 0.338 e. The Bertz CT molecular complexity index is 591. The second-order valence-electron chi connectivity index (χ2n) is 3.64. The molecule has 0 N–H and O–H groups in total. The third-order valence-electron chi connectivity index (χ3n) is 2.52. The fraction of sp³-hybridized carbons (Fsp3) is 0.143. The van der Waals surface area contributed by atoms with Crippen molar-refractivity contribution < 1.29 is 9.53 Å². The van der Waals surface area contributed by atoms with Gasteiger partial charge in [-0.15, -0.1) is 0 Å². The van der Waals surface area contributed by atoms with E-state index >= 15 is 0 Å². The zero-order valence-corrected chi connectivity index (χ0v) is 9.96. The first-order valence-electron chi connectivity index (χ1n) is 5.61. The third-order valence-corrected chi connectivity index (χ3v) is 2.52. The number of carbonyl (C=O) groups excluding carboxylic acids is 1. The van der Waals surface area contributed by atoms with Gasteiger partial charge in [0.1, 0.15) is 11.8 Å². The minimum atomic E-state index is -0.336. The van der Waals surface area contributed by atoms with Crippen LogP contribution >= 0.6 is 0 Å². The van der Waals surface area contributed by atoms with Crippen molar-refractivity contribution in [2.24, 2.45) is 0 Å². The van der Waals surface area contributed by atoms with Crippen molar-refractivity contribution in [3.63, 3.8) is 0 Å². The van der Waals surface area contributed by atoms with Gasteiger partial charge in [0.15, 0.2) is 0 Å². The molecule has 0 saturated heterocycles. The topological polar surface area (TPSA) is 55.0 Å². The first kappa shape index (κ1) is 11.9. The highest BCUT2D eigenvalue weighted by Crippen LogP contribution is 2.13. The lowest BCUT2D eigenvalue weighted by Gasteiger charge is -2.06. The number of rotatable bonds is 3. The highest BCUT2D eigenvalue weighted by Gasteiger charge is 2.07. The number of hydrogen-bond donors (Lipinski definition) is 0. The summed E-state index contributed by atoms with van der Waals surface area (Å²) < 4.78 is 6.66. The van der Waals surface area contributed by atoms with Crippen LogP contribution < -0.4 is 0 Å². The van der Waals surface area contributed by atoms with Crippen LogP contribution in [0.15, 0.2) is 42.6 Å². The minimum absolute atomic E-state index is 0.336. The van der Waals surface area contributed by atoms with Crippen LogP contribution in [0.4, 0.5) is 0 Å². The van der Waals surface area contributed by atoms with Crippen LogP contribution in [0.2, 0.25) is 0 Å². The van der Waals surface area contributed by atoms with E-state index in [1.165, 1.54) is 0 Å². The Balaban J connectivity index is 2.28. The Morgan fingerprint density at radius 3 is 2.67 bits per heavy atom. The van der Waals surface area contributed by atoms with Gasteiger partial charge in [-0.1, -0.05) is 0 Å².